The number of hydrogen-bond acceptors (Lipinski definition) is 1. The molecule has 100 valence electrons. The van der Waals surface area contributed by atoms with Gasteiger partial charge < -0.3 is 0 Å². The van der Waals surface area contributed by atoms with E-state index in [0.717, 1.165) is 12.3 Å². The van der Waals surface area contributed by atoms with Crippen LogP contribution in [0.1, 0.15) is 56.1 Å². The van der Waals surface area contributed by atoms with Crippen LogP contribution in [-0.2, 0) is 11.2 Å². The quantitative estimate of drug-likeness (QED) is 0.681. The van der Waals surface area contributed by atoms with Crippen LogP contribution in [0.3, 0.4) is 0 Å². The van der Waals surface area contributed by atoms with E-state index in [0.29, 0.717) is 17.1 Å². The van der Waals surface area contributed by atoms with Crippen LogP contribution in [0.25, 0.3) is 0 Å². The van der Waals surface area contributed by atoms with E-state index in [4.69, 9.17) is 0 Å². The summed E-state index contributed by atoms with van der Waals surface area (Å²) >= 11 is 0. The molecule has 1 aromatic rings. The molecule has 0 N–H and O–H groups in total. The first kappa shape index (κ1) is 11.7. The number of carbonyl (C=O) groups is 1. The van der Waals surface area contributed by atoms with E-state index in [1.165, 1.54) is 43.2 Å². The Morgan fingerprint density at radius 3 is 2.95 bits per heavy atom. The van der Waals surface area contributed by atoms with Crippen LogP contribution >= 0.6 is 0 Å². The van der Waals surface area contributed by atoms with Crippen molar-refractivity contribution in [2.75, 3.05) is 0 Å². The summed E-state index contributed by atoms with van der Waals surface area (Å²) < 4.78 is 0. The van der Waals surface area contributed by atoms with E-state index in [9.17, 15) is 4.79 Å². The Hall–Kier alpha value is -1.11. The predicted octanol–water partition coefficient (Wildman–Crippen LogP) is 4.11. The average molecular weight is 254 g/mol. The van der Waals surface area contributed by atoms with Gasteiger partial charge in [0.2, 0.25) is 0 Å². The van der Waals surface area contributed by atoms with Crippen LogP contribution in [0.15, 0.2) is 24.3 Å². The fraction of sp³-hybridized carbons (Fsp3) is 0.611. The largest absolute Gasteiger partial charge is 0.299 e. The molecule has 0 saturated heterocycles. The monoisotopic (exact) mass is 254 g/mol. The minimum Gasteiger partial charge on any atom is -0.299 e. The van der Waals surface area contributed by atoms with Gasteiger partial charge >= 0.3 is 0 Å². The Morgan fingerprint density at radius 1 is 1.21 bits per heavy atom. The Morgan fingerprint density at radius 2 is 2.05 bits per heavy atom. The molecule has 0 unspecified atom stereocenters. The van der Waals surface area contributed by atoms with Gasteiger partial charge in [0.1, 0.15) is 5.78 Å². The van der Waals surface area contributed by atoms with Crippen LogP contribution in [-0.4, -0.2) is 5.78 Å². The van der Waals surface area contributed by atoms with Crippen molar-refractivity contribution in [3.05, 3.63) is 35.4 Å². The third-order valence-electron chi connectivity index (χ3n) is 6.17. The molecule has 0 radical (unpaired) electrons. The van der Waals surface area contributed by atoms with E-state index in [-0.39, 0.29) is 5.92 Å². The number of hydrogen-bond donors (Lipinski definition) is 0. The van der Waals surface area contributed by atoms with E-state index >= 15 is 0 Å². The van der Waals surface area contributed by atoms with Gasteiger partial charge in [-0.25, -0.2) is 0 Å². The van der Waals surface area contributed by atoms with Crippen LogP contribution in [0.2, 0.25) is 0 Å². The summed E-state index contributed by atoms with van der Waals surface area (Å²) in [6.07, 6.45) is 7.19. The zero-order chi connectivity index (χ0) is 13.0. The maximum atomic E-state index is 12.7. The molecule has 0 aromatic heterocycles. The molecular weight excluding hydrogens is 232 g/mol. The molecule has 1 heteroatoms. The number of carbonyl (C=O) groups excluding carboxylic acids is 1. The van der Waals surface area contributed by atoms with Crippen molar-refractivity contribution in [3.63, 3.8) is 0 Å². The van der Waals surface area contributed by atoms with E-state index < -0.39 is 0 Å². The third kappa shape index (κ3) is 1.57. The molecule has 3 aliphatic rings. The van der Waals surface area contributed by atoms with Crippen LogP contribution in [0.5, 0.6) is 0 Å². The predicted molar refractivity (Wildman–Crippen MR) is 76.1 cm³/mol. The molecule has 4 rings (SSSR count). The first-order valence-electron chi connectivity index (χ1n) is 7.79. The SMILES string of the molecule is C[C@@]12CCC[C@H]1[C@@H]1CCc3ccccc3[C@@H]1C(=O)C2. The minimum atomic E-state index is 0.223. The Labute approximate surface area is 115 Å². The maximum Gasteiger partial charge on any atom is 0.141 e. The summed E-state index contributed by atoms with van der Waals surface area (Å²) in [6, 6.07) is 8.66. The summed E-state index contributed by atoms with van der Waals surface area (Å²) in [6.45, 7) is 2.37. The van der Waals surface area contributed by atoms with E-state index in [1.807, 2.05) is 0 Å². The van der Waals surface area contributed by atoms with Crippen LogP contribution < -0.4 is 0 Å². The van der Waals surface area contributed by atoms with Crippen LogP contribution in [0, 0.1) is 17.3 Å². The molecular formula is C18H22O. The normalized spacial score (nSPS) is 40.5. The lowest BCUT2D eigenvalue weighted by molar-refractivity contribution is -0.130. The highest BCUT2D eigenvalue weighted by molar-refractivity contribution is 5.88. The highest BCUT2D eigenvalue weighted by Gasteiger charge is 2.53. The smallest absolute Gasteiger partial charge is 0.141 e. The van der Waals surface area contributed by atoms with Gasteiger partial charge in [-0.2, -0.15) is 0 Å². The Bertz CT molecular complexity index is 532. The van der Waals surface area contributed by atoms with Gasteiger partial charge in [-0.15, -0.1) is 0 Å². The fourth-order valence-corrected chi connectivity index (χ4v) is 5.35. The lowest BCUT2D eigenvalue weighted by Gasteiger charge is -2.48. The number of Topliss-reactive ketones (excluding diaryl/α,β-unsaturated/α-hetero) is 1. The summed E-state index contributed by atoms with van der Waals surface area (Å²) in [5, 5.41) is 0. The summed E-state index contributed by atoms with van der Waals surface area (Å²) in [4.78, 5) is 12.7. The zero-order valence-corrected chi connectivity index (χ0v) is 11.7. The van der Waals surface area contributed by atoms with Crippen molar-refractivity contribution < 1.29 is 4.79 Å². The van der Waals surface area contributed by atoms with Crippen molar-refractivity contribution in [1.29, 1.82) is 0 Å². The number of ketones is 1. The molecule has 4 atom stereocenters. The fourth-order valence-electron chi connectivity index (χ4n) is 5.35. The molecule has 2 fully saturated rings. The zero-order valence-electron chi connectivity index (χ0n) is 11.7. The molecule has 3 aliphatic carbocycles. The molecule has 2 saturated carbocycles. The molecule has 1 aromatic carbocycles. The van der Waals surface area contributed by atoms with E-state index in [1.54, 1.807) is 0 Å². The second kappa shape index (κ2) is 3.94. The van der Waals surface area contributed by atoms with Gasteiger partial charge in [-0.3, -0.25) is 4.79 Å². The summed E-state index contributed by atoms with van der Waals surface area (Å²) in [5.74, 6) is 2.17. The average Bonchev–Trinajstić information content (AvgIpc) is 2.79. The second-order valence-electron chi connectivity index (χ2n) is 7.17. The molecule has 0 aliphatic heterocycles. The van der Waals surface area contributed by atoms with Gasteiger partial charge in [0.25, 0.3) is 0 Å². The highest BCUT2D eigenvalue weighted by atomic mass is 16.1. The molecule has 19 heavy (non-hydrogen) atoms. The Balaban J connectivity index is 1.80. The highest BCUT2D eigenvalue weighted by Crippen LogP contribution is 2.59. The van der Waals surface area contributed by atoms with Gasteiger partial charge in [-0.05, 0) is 54.1 Å². The number of aryl methyl sites for hydroxylation is 1. The van der Waals surface area contributed by atoms with Gasteiger partial charge in [-0.1, -0.05) is 37.6 Å². The number of benzene rings is 1. The van der Waals surface area contributed by atoms with Gasteiger partial charge in [0.15, 0.2) is 0 Å². The van der Waals surface area contributed by atoms with Crippen molar-refractivity contribution in [3.8, 4) is 0 Å². The first-order valence-corrected chi connectivity index (χ1v) is 7.79. The number of rotatable bonds is 0. The number of fused-ring (bicyclic) bond motifs is 5. The van der Waals surface area contributed by atoms with Crippen molar-refractivity contribution in [1.82, 2.24) is 0 Å². The van der Waals surface area contributed by atoms with Crippen molar-refractivity contribution in [2.45, 2.75) is 51.4 Å². The molecule has 0 bridgehead atoms. The first-order chi connectivity index (χ1) is 9.19. The topological polar surface area (TPSA) is 17.1 Å². The molecule has 0 amide bonds. The van der Waals surface area contributed by atoms with Crippen molar-refractivity contribution in [2.24, 2.45) is 17.3 Å². The maximum absolute atomic E-state index is 12.7. The van der Waals surface area contributed by atoms with Gasteiger partial charge in [0, 0.05) is 12.3 Å². The summed E-state index contributed by atoms with van der Waals surface area (Å²) in [7, 11) is 0. The third-order valence-corrected chi connectivity index (χ3v) is 6.17. The molecule has 1 nitrogen and oxygen atoms in total. The van der Waals surface area contributed by atoms with Crippen molar-refractivity contribution >= 4 is 5.78 Å². The van der Waals surface area contributed by atoms with Crippen LogP contribution in [0.4, 0.5) is 0 Å². The lowest BCUT2D eigenvalue weighted by Crippen LogP contribution is -2.44. The lowest BCUT2D eigenvalue weighted by atomic mass is 9.55. The molecule has 0 spiro atoms. The standard InChI is InChI=1S/C18H22O/c1-18-10-4-7-15(18)14-9-8-12-5-2-3-6-13(12)17(14)16(19)11-18/h2-3,5-6,14-15,17H,4,7-11H2,1H3/t14-,15-,17-,18-/m0/s1. The molecule has 0 heterocycles. The Kier molecular flexibility index (Phi) is 2.43. The van der Waals surface area contributed by atoms with Gasteiger partial charge in [0.05, 0.1) is 0 Å². The summed E-state index contributed by atoms with van der Waals surface area (Å²) in [5.41, 5.74) is 3.11. The van der Waals surface area contributed by atoms with E-state index in [2.05, 4.69) is 31.2 Å². The second-order valence-corrected chi connectivity index (χ2v) is 7.17. The minimum absolute atomic E-state index is 0.223.